The average Bonchev–Trinajstić information content (AvgIpc) is 3.32. The molecule has 1 unspecified atom stereocenters. The van der Waals surface area contributed by atoms with E-state index in [1.807, 2.05) is 0 Å². The molecule has 1 atom stereocenters. The smallest absolute Gasteiger partial charge is 0.339 e. The molecule has 0 spiro atoms. The Hall–Kier alpha value is -1.89. The van der Waals surface area contributed by atoms with Crippen molar-refractivity contribution in [3.63, 3.8) is 0 Å². The number of benzene rings is 1. The fourth-order valence-corrected chi connectivity index (χ4v) is 2.93. The number of hydrogen-bond donors (Lipinski definition) is 0. The number of alkyl halides is 3. The maximum Gasteiger partial charge on any atom is 0.416 e. The van der Waals surface area contributed by atoms with Crippen molar-refractivity contribution in [3.8, 4) is 11.4 Å². The molecule has 1 aliphatic carbocycles. The summed E-state index contributed by atoms with van der Waals surface area (Å²) in [6.07, 6.45) is -0.262. The summed E-state index contributed by atoms with van der Waals surface area (Å²) in [7, 11) is 2.12. The minimum Gasteiger partial charge on any atom is -0.339 e. The van der Waals surface area contributed by atoms with E-state index in [1.54, 1.807) is 6.07 Å². The quantitative estimate of drug-likeness (QED) is 0.739. The van der Waals surface area contributed by atoms with Gasteiger partial charge in [0.2, 0.25) is 11.7 Å². The minimum atomic E-state index is -4.38. The summed E-state index contributed by atoms with van der Waals surface area (Å²) in [5, 5.41) is 3.81. The van der Waals surface area contributed by atoms with Crippen molar-refractivity contribution in [1.82, 2.24) is 15.0 Å². The molecule has 1 saturated carbocycles. The topological polar surface area (TPSA) is 42.2 Å². The van der Waals surface area contributed by atoms with Crippen LogP contribution in [0.4, 0.5) is 13.2 Å². The summed E-state index contributed by atoms with van der Waals surface area (Å²) in [6, 6.07) is 5.56. The van der Waals surface area contributed by atoms with Gasteiger partial charge in [0.25, 0.3) is 0 Å². The van der Waals surface area contributed by atoms with Gasteiger partial charge in [0.15, 0.2) is 0 Å². The van der Waals surface area contributed by atoms with Crippen LogP contribution in [0.3, 0.4) is 0 Å². The van der Waals surface area contributed by atoms with Gasteiger partial charge in [-0.3, -0.25) is 0 Å². The molecule has 0 aliphatic heterocycles. The molecule has 1 heterocycles. The van der Waals surface area contributed by atoms with E-state index in [9.17, 15) is 13.2 Å². The van der Waals surface area contributed by atoms with Gasteiger partial charge in [-0.05, 0) is 57.8 Å². The zero-order valence-electron chi connectivity index (χ0n) is 14.4. The molecule has 1 aliphatic rings. The molecular formula is C18H22F3N3O. The normalized spacial score (nSPS) is 16.4. The summed E-state index contributed by atoms with van der Waals surface area (Å²) in [4.78, 5) is 6.56. The van der Waals surface area contributed by atoms with Gasteiger partial charge in [-0.2, -0.15) is 18.2 Å². The zero-order chi connectivity index (χ0) is 18.0. The van der Waals surface area contributed by atoms with Gasteiger partial charge in [0, 0.05) is 18.0 Å². The van der Waals surface area contributed by atoms with Crippen LogP contribution in [0.25, 0.3) is 11.4 Å². The maximum absolute atomic E-state index is 12.8. The first-order chi connectivity index (χ1) is 11.8. The maximum atomic E-state index is 12.8. The lowest BCUT2D eigenvalue weighted by Crippen LogP contribution is -2.31. The van der Waals surface area contributed by atoms with Gasteiger partial charge in [-0.15, -0.1) is 0 Å². The van der Waals surface area contributed by atoms with E-state index in [1.165, 1.54) is 18.9 Å². The van der Waals surface area contributed by atoms with Crippen LogP contribution in [0.2, 0.25) is 0 Å². The zero-order valence-corrected chi connectivity index (χ0v) is 14.4. The van der Waals surface area contributed by atoms with Crippen LogP contribution < -0.4 is 0 Å². The Kier molecular flexibility index (Phi) is 5.13. The van der Waals surface area contributed by atoms with Crippen molar-refractivity contribution in [2.45, 2.75) is 44.8 Å². The average molecular weight is 353 g/mol. The third kappa shape index (κ3) is 4.60. The van der Waals surface area contributed by atoms with Crippen molar-refractivity contribution < 1.29 is 17.7 Å². The Bertz CT molecular complexity index is 710. The number of aryl methyl sites for hydroxylation is 1. The number of aromatic nitrogens is 2. The number of rotatable bonds is 7. The number of hydrogen-bond acceptors (Lipinski definition) is 4. The Balaban J connectivity index is 1.57. The Morgan fingerprint density at radius 2 is 2.08 bits per heavy atom. The molecule has 0 saturated heterocycles. The second-order valence-electron chi connectivity index (χ2n) is 6.75. The summed E-state index contributed by atoms with van der Waals surface area (Å²) in [5.74, 6) is 1.47. The summed E-state index contributed by atoms with van der Waals surface area (Å²) >= 11 is 0. The minimum absolute atomic E-state index is 0.195. The van der Waals surface area contributed by atoms with E-state index in [-0.39, 0.29) is 5.82 Å². The first kappa shape index (κ1) is 17.9. The molecule has 25 heavy (non-hydrogen) atoms. The first-order valence-electron chi connectivity index (χ1n) is 8.55. The predicted octanol–water partition coefficient (Wildman–Crippen LogP) is 4.42. The molecule has 4 nitrogen and oxygen atoms in total. The van der Waals surface area contributed by atoms with Crippen LogP contribution in [0.5, 0.6) is 0 Å². The van der Waals surface area contributed by atoms with E-state index in [0.29, 0.717) is 23.9 Å². The lowest BCUT2D eigenvalue weighted by Gasteiger charge is -2.24. The molecule has 1 fully saturated rings. The van der Waals surface area contributed by atoms with Gasteiger partial charge in [0.05, 0.1) is 5.56 Å². The molecule has 2 aromatic rings. The second kappa shape index (κ2) is 7.15. The van der Waals surface area contributed by atoms with E-state index in [4.69, 9.17) is 4.52 Å². The summed E-state index contributed by atoms with van der Waals surface area (Å²) < 4.78 is 43.6. The Morgan fingerprint density at radius 1 is 1.32 bits per heavy atom. The van der Waals surface area contributed by atoms with Gasteiger partial charge in [-0.1, -0.05) is 17.3 Å². The fraction of sp³-hybridized carbons (Fsp3) is 0.556. The summed E-state index contributed by atoms with van der Waals surface area (Å²) in [6.45, 7) is 3.18. The van der Waals surface area contributed by atoms with Gasteiger partial charge >= 0.3 is 6.18 Å². The highest BCUT2D eigenvalue weighted by atomic mass is 19.4. The van der Waals surface area contributed by atoms with E-state index < -0.39 is 11.7 Å². The molecule has 136 valence electrons. The number of nitrogens with zero attached hydrogens (tertiary/aromatic N) is 3. The van der Waals surface area contributed by atoms with Gasteiger partial charge < -0.3 is 9.42 Å². The first-order valence-corrected chi connectivity index (χ1v) is 8.55. The highest BCUT2D eigenvalue weighted by molar-refractivity contribution is 5.55. The van der Waals surface area contributed by atoms with Crippen LogP contribution in [-0.4, -0.2) is 34.7 Å². The Morgan fingerprint density at radius 3 is 2.76 bits per heavy atom. The predicted molar refractivity (Wildman–Crippen MR) is 87.9 cm³/mol. The van der Waals surface area contributed by atoms with Crippen LogP contribution >= 0.6 is 0 Å². The third-order valence-electron chi connectivity index (χ3n) is 4.82. The van der Waals surface area contributed by atoms with Crippen molar-refractivity contribution in [2.24, 2.45) is 5.92 Å². The van der Waals surface area contributed by atoms with Crippen LogP contribution in [0.15, 0.2) is 28.8 Å². The van der Waals surface area contributed by atoms with E-state index >= 15 is 0 Å². The van der Waals surface area contributed by atoms with Gasteiger partial charge in [0.1, 0.15) is 0 Å². The SMILES string of the molecule is CC(C1CC1)N(C)CCCc1nc(-c2cccc(C(F)(F)F)c2)no1. The van der Waals surface area contributed by atoms with Crippen molar-refractivity contribution in [1.29, 1.82) is 0 Å². The molecule has 7 heteroatoms. The van der Waals surface area contributed by atoms with Crippen LogP contribution in [0.1, 0.15) is 37.6 Å². The van der Waals surface area contributed by atoms with Crippen molar-refractivity contribution in [3.05, 3.63) is 35.7 Å². The van der Waals surface area contributed by atoms with Crippen molar-refractivity contribution >= 4 is 0 Å². The molecule has 1 aromatic heterocycles. The Labute approximate surface area is 145 Å². The second-order valence-corrected chi connectivity index (χ2v) is 6.75. The molecule has 3 rings (SSSR count). The van der Waals surface area contributed by atoms with Crippen LogP contribution in [0, 0.1) is 5.92 Å². The molecule has 0 radical (unpaired) electrons. The lowest BCUT2D eigenvalue weighted by molar-refractivity contribution is -0.137. The number of halogens is 3. The fourth-order valence-electron chi connectivity index (χ4n) is 2.93. The standard InChI is InChI=1S/C18H22F3N3O/c1-12(13-8-9-13)24(2)10-4-7-16-22-17(23-25-16)14-5-3-6-15(11-14)18(19,20)21/h3,5-6,11-13H,4,7-10H2,1-2H3. The van der Waals surface area contributed by atoms with Crippen LogP contribution in [-0.2, 0) is 12.6 Å². The van der Waals surface area contributed by atoms with Gasteiger partial charge in [-0.25, -0.2) is 0 Å². The highest BCUT2D eigenvalue weighted by Crippen LogP contribution is 2.34. The largest absolute Gasteiger partial charge is 0.416 e. The monoisotopic (exact) mass is 353 g/mol. The van der Waals surface area contributed by atoms with Crippen molar-refractivity contribution in [2.75, 3.05) is 13.6 Å². The molecule has 0 bridgehead atoms. The summed E-state index contributed by atoms with van der Waals surface area (Å²) in [5.41, 5.74) is -0.406. The lowest BCUT2D eigenvalue weighted by atomic mass is 10.1. The molecule has 1 aromatic carbocycles. The van der Waals surface area contributed by atoms with E-state index in [0.717, 1.165) is 31.0 Å². The highest BCUT2D eigenvalue weighted by Gasteiger charge is 2.31. The van der Waals surface area contributed by atoms with E-state index in [2.05, 4.69) is 29.0 Å². The third-order valence-corrected chi connectivity index (χ3v) is 4.82. The molecular weight excluding hydrogens is 331 g/mol. The molecule has 0 N–H and O–H groups in total. The molecule has 0 amide bonds.